The Kier molecular flexibility index (Phi) is 6.54. The summed E-state index contributed by atoms with van der Waals surface area (Å²) in [6.07, 6.45) is 1.40. The molecule has 0 aliphatic carbocycles. The number of carbonyl (C=O) groups is 2. The van der Waals surface area contributed by atoms with E-state index >= 15 is 0 Å². The minimum Gasteiger partial charge on any atom is -0.459 e. The van der Waals surface area contributed by atoms with E-state index in [1.165, 1.54) is 5.01 Å². The molecule has 4 rings (SSSR count). The Morgan fingerprint density at radius 2 is 1.97 bits per heavy atom. The van der Waals surface area contributed by atoms with Crippen molar-refractivity contribution in [1.29, 1.82) is 0 Å². The number of nitrogens with zero attached hydrogens (tertiary/aromatic N) is 2. The van der Waals surface area contributed by atoms with Crippen molar-refractivity contribution in [1.82, 2.24) is 0 Å². The molecule has 2 heterocycles. The van der Waals surface area contributed by atoms with Crippen molar-refractivity contribution in [2.75, 3.05) is 5.01 Å². The van der Waals surface area contributed by atoms with Crippen LogP contribution in [0.3, 0.4) is 0 Å². The molecule has 33 heavy (non-hydrogen) atoms. The first kappa shape index (κ1) is 23.0. The second-order valence-electron chi connectivity index (χ2n) is 7.69. The van der Waals surface area contributed by atoms with Gasteiger partial charge in [-0.05, 0) is 75.4 Å². The van der Waals surface area contributed by atoms with Gasteiger partial charge in [-0.3, -0.25) is 4.79 Å². The maximum absolute atomic E-state index is 13.0. The molecule has 8 heteroatoms. The lowest BCUT2D eigenvalue weighted by Gasteiger charge is -2.11. The minimum atomic E-state index is -0.498. The molecule has 1 aromatic heterocycles. The zero-order chi connectivity index (χ0) is 23.7. The van der Waals surface area contributed by atoms with Crippen molar-refractivity contribution >= 4 is 56.9 Å². The first-order valence-corrected chi connectivity index (χ1v) is 11.4. The van der Waals surface area contributed by atoms with Crippen LogP contribution < -0.4 is 5.01 Å². The third-order valence-corrected chi connectivity index (χ3v) is 5.67. The molecule has 0 spiro atoms. The van der Waals surface area contributed by atoms with Gasteiger partial charge in [0.2, 0.25) is 0 Å². The topological polar surface area (TPSA) is 72.1 Å². The Balaban J connectivity index is 1.60. The Hall–Kier alpha value is -3.16. The lowest BCUT2D eigenvalue weighted by Crippen LogP contribution is -2.21. The highest BCUT2D eigenvalue weighted by Crippen LogP contribution is 2.30. The van der Waals surface area contributed by atoms with Crippen LogP contribution in [0.5, 0.6) is 0 Å². The fraction of sp³-hybridized carbons (Fsp3) is 0.160. The van der Waals surface area contributed by atoms with Crippen LogP contribution in [-0.4, -0.2) is 23.7 Å². The average molecular weight is 528 g/mol. The van der Waals surface area contributed by atoms with E-state index in [4.69, 9.17) is 20.8 Å². The lowest BCUT2D eigenvalue weighted by molar-refractivity contribution is -0.114. The molecule has 0 radical (unpaired) electrons. The van der Waals surface area contributed by atoms with Crippen LogP contribution in [0.1, 0.15) is 36.9 Å². The van der Waals surface area contributed by atoms with Gasteiger partial charge in [-0.15, -0.1) is 0 Å². The van der Waals surface area contributed by atoms with Crippen molar-refractivity contribution in [3.05, 3.63) is 81.0 Å². The zero-order valence-electron chi connectivity index (χ0n) is 18.1. The number of amides is 1. The standard InChI is InChI=1S/C25H20BrClN2O4/c1-14(2)32-25(31)21-11-16(7-9-22(21)27)23-10-8-19(33-23)13-20-15(3)28-29(24(20)30)18-6-4-5-17(26)12-18/h4-14H,1-3H3/b20-13+. The number of anilines is 1. The summed E-state index contributed by atoms with van der Waals surface area (Å²) in [6, 6.07) is 15.9. The third-order valence-electron chi connectivity index (χ3n) is 4.84. The van der Waals surface area contributed by atoms with Crippen molar-refractivity contribution < 1.29 is 18.7 Å². The number of halogens is 2. The van der Waals surface area contributed by atoms with E-state index in [2.05, 4.69) is 21.0 Å². The molecule has 3 aromatic rings. The molecule has 2 aromatic carbocycles. The molecule has 168 valence electrons. The number of hydrazone groups is 1. The molecule has 0 fully saturated rings. The van der Waals surface area contributed by atoms with Gasteiger partial charge in [-0.2, -0.15) is 10.1 Å². The molecule has 0 saturated carbocycles. The van der Waals surface area contributed by atoms with Crippen LogP contribution in [0.2, 0.25) is 5.02 Å². The van der Waals surface area contributed by atoms with E-state index in [0.717, 1.165) is 4.47 Å². The van der Waals surface area contributed by atoms with Gasteiger partial charge < -0.3 is 9.15 Å². The number of benzene rings is 2. The van der Waals surface area contributed by atoms with Crippen molar-refractivity contribution in [2.45, 2.75) is 26.9 Å². The highest BCUT2D eigenvalue weighted by molar-refractivity contribution is 9.10. The Bertz CT molecular complexity index is 1310. The SMILES string of the molecule is CC1=NN(c2cccc(Br)c2)C(=O)/C1=C/c1ccc(-c2ccc(Cl)c(C(=O)OC(C)C)c2)o1. The van der Waals surface area contributed by atoms with Crippen LogP contribution >= 0.6 is 27.5 Å². The largest absolute Gasteiger partial charge is 0.459 e. The highest BCUT2D eigenvalue weighted by Gasteiger charge is 2.29. The molecule has 1 aliphatic heterocycles. The average Bonchev–Trinajstić information content (AvgIpc) is 3.34. The van der Waals surface area contributed by atoms with Crippen LogP contribution in [0.15, 0.2) is 74.2 Å². The quantitative estimate of drug-likeness (QED) is 0.272. The number of hydrogen-bond donors (Lipinski definition) is 0. The van der Waals surface area contributed by atoms with Gasteiger partial charge in [-0.1, -0.05) is 33.6 Å². The highest BCUT2D eigenvalue weighted by atomic mass is 79.9. The molecule has 6 nitrogen and oxygen atoms in total. The number of carbonyl (C=O) groups excluding carboxylic acids is 2. The molecular formula is C25H20BrClN2O4. The second kappa shape index (κ2) is 9.37. The third kappa shape index (κ3) is 4.94. The summed E-state index contributed by atoms with van der Waals surface area (Å²) < 4.78 is 12.1. The van der Waals surface area contributed by atoms with Crippen molar-refractivity contribution in [2.24, 2.45) is 5.10 Å². The predicted molar refractivity (Wildman–Crippen MR) is 132 cm³/mol. The summed E-state index contributed by atoms with van der Waals surface area (Å²) >= 11 is 9.60. The van der Waals surface area contributed by atoms with Crippen LogP contribution in [0.4, 0.5) is 5.69 Å². The number of hydrogen-bond acceptors (Lipinski definition) is 5. The van der Waals surface area contributed by atoms with Crippen molar-refractivity contribution in [3.8, 4) is 11.3 Å². The monoisotopic (exact) mass is 526 g/mol. The zero-order valence-corrected chi connectivity index (χ0v) is 20.5. The number of ether oxygens (including phenoxy) is 1. The van der Waals surface area contributed by atoms with Gasteiger partial charge in [0, 0.05) is 10.0 Å². The minimum absolute atomic E-state index is 0.242. The van der Waals surface area contributed by atoms with E-state index in [1.807, 2.05) is 24.3 Å². The molecular weight excluding hydrogens is 508 g/mol. The summed E-state index contributed by atoms with van der Waals surface area (Å²) in [5.41, 5.74) is 2.62. The predicted octanol–water partition coefficient (Wildman–Crippen LogP) is 6.73. The summed E-state index contributed by atoms with van der Waals surface area (Å²) in [4.78, 5) is 25.3. The van der Waals surface area contributed by atoms with Crippen LogP contribution in [-0.2, 0) is 9.53 Å². The van der Waals surface area contributed by atoms with Crippen molar-refractivity contribution in [3.63, 3.8) is 0 Å². The van der Waals surface area contributed by atoms with Gasteiger partial charge in [-0.25, -0.2) is 4.79 Å². The van der Waals surface area contributed by atoms with Gasteiger partial charge in [0.25, 0.3) is 5.91 Å². The number of furan rings is 1. The van der Waals surface area contributed by atoms with Crippen LogP contribution in [0, 0.1) is 0 Å². The Labute approximate surface area is 204 Å². The molecule has 0 saturated heterocycles. The first-order valence-electron chi connectivity index (χ1n) is 10.2. The van der Waals surface area contributed by atoms with Gasteiger partial charge in [0.05, 0.1) is 33.7 Å². The maximum Gasteiger partial charge on any atom is 0.339 e. The Morgan fingerprint density at radius 1 is 1.18 bits per heavy atom. The van der Waals surface area contributed by atoms with Crippen LogP contribution in [0.25, 0.3) is 17.4 Å². The number of esters is 1. The molecule has 1 amide bonds. The lowest BCUT2D eigenvalue weighted by atomic mass is 10.1. The molecule has 0 N–H and O–H groups in total. The van der Waals surface area contributed by atoms with E-state index < -0.39 is 5.97 Å². The van der Waals surface area contributed by atoms with Gasteiger partial charge in [0.1, 0.15) is 11.5 Å². The van der Waals surface area contributed by atoms with E-state index in [0.29, 0.717) is 39.1 Å². The van der Waals surface area contributed by atoms with E-state index in [1.54, 1.807) is 57.2 Å². The maximum atomic E-state index is 13.0. The summed E-state index contributed by atoms with van der Waals surface area (Å²) in [7, 11) is 0. The molecule has 0 unspecified atom stereocenters. The van der Waals surface area contributed by atoms with Gasteiger partial charge in [0.15, 0.2) is 0 Å². The molecule has 0 bridgehead atoms. The van der Waals surface area contributed by atoms with Gasteiger partial charge >= 0.3 is 5.97 Å². The summed E-state index contributed by atoms with van der Waals surface area (Å²) in [5.74, 6) is 0.275. The summed E-state index contributed by atoms with van der Waals surface area (Å²) in [5, 5.41) is 6.05. The van der Waals surface area contributed by atoms with E-state index in [9.17, 15) is 9.59 Å². The fourth-order valence-electron chi connectivity index (χ4n) is 3.31. The second-order valence-corrected chi connectivity index (χ2v) is 9.01. The molecule has 1 aliphatic rings. The summed E-state index contributed by atoms with van der Waals surface area (Å²) in [6.45, 7) is 5.32. The molecule has 0 atom stereocenters. The smallest absolute Gasteiger partial charge is 0.339 e. The fourth-order valence-corrected chi connectivity index (χ4v) is 3.89. The Morgan fingerprint density at radius 3 is 2.70 bits per heavy atom. The number of rotatable bonds is 5. The first-order chi connectivity index (χ1) is 15.7. The van der Waals surface area contributed by atoms with E-state index in [-0.39, 0.29) is 17.6 Å². The normalized spacial score (nSPS) is 14.8.